The van der Waals surface area contributed by atoms with E-state index in [2.05, 4.69) is 18.7 Å². The Bertz CT molecular complexity index is 253. The molecule has 0 aromatic heterocycles. The summed E-state index contributed by atoms with van der Waals surface area (Å²) in [6.07, 6.45) is 11.6. The maximum atomic E-state index is 6.45. The molecule has 2 aliphatic heterocycles. The minimum absolute atomic E-state index is 0.202. The van der Waals surface area contributed by atoms with Crippen molar-refractivity contribution in [2.75, 3.05) is 18.1 Å². The Kier molecular flexibility index (Phi) is 6.51. The van der Waals surface area contributed by atoms with Gasteiger partial charge in [-0.25, -0.2) is 0 Å². The molecule has 3 heteroatoms. The van der Waals surface area contributed by atoms with Crippen molar-refractivity contribution < 1.29 is 4.74 Å². The Morgan fingerprint density at radius 2 is 2.16 bits per heavy atom. The van der Waals surface area contributed by atoms with Crippen LogP contribution in [-0.4, -0.2) is 29.8 Å². The van der Waals surface area contributed by atoms with Gasteiger partial charge in [0.2, 0.25) is 0 Å². The van der Waals surface area contributed by atoms with E-state index in [0.29, 0.717) is 12.0 Å². The molecule has 2 N–H and O–H groups in total. The first-order valence-electron chi connectivity index (χ1n) is 8.23. The largest absolute Gasteiger partial charge is 0.374 e. The van der Waals surface area contributed by atoms with Gasteiger partial charge in [0.25, 0.3) is 0 Å². The molecular formula is C16H31NOS. The Morgan fingerprint density at radius 3 is 2.89 bits per heavy atom. The zero-order valence-electron chi connectivity index (χ0n) is 12.5. The number of hydrogen-bond acceptors (Lipinski definition) is 3. The van der Waals surface area contributed by atoms with Crippen LogP contribution in [0, 0.1) is 5.92 Å². The molecule has 0 bridgehead atoms. The lowest BCUT2D eigenvalue weighted by molar-refractivity contribution is -0.0835. The lowest BCUT2D eigenvalue weighted by Gasteiger charge is -2.40. The van der Waals surface area contributed by atoms with Crippen LogP contribution in [-0.2, 0) is 4.74 Å². The molecule has 0 aromatic rings. The first-order valence-corrected chi connectivity index (χ1v) is 9.38. The SMILES string of the molecule is CCCCCCCC(N)C1CCOC2(CCSC2)C1. The van der Waals surface area contributed by atoms with Crippen LogP contribution in [0.5, 0.6) is 0 Å². The van der Waals surface area contributed by atoms with Crippen molar-refractivity contribution in [3.8, 4) is 0 Å². The topological polar surface area (TPSA) is 35.2 Å². The summed E-state index contributed by atoms with van der Waals surface area (Å²) in [6.45, 7) is 3.21. The highest BCUT2D eigenvalue weighted by molar-refractivity contribution is 7.99. The van der Waals surface area contributed by atoms with Gasteiger partial charge in [0.1, 0.15) is 0 Å². The average molecular weight is 285 g/mol. The first-order chi connectivity index (χ1) is 9.26. The van der Waals surface area contributed by atoms with Crippen molar-refractivity contribution in [2.24, 2.45) is 11.7 Å². The standard InChI is InChI=1S/C16H31NOS/c1-2-3-4-5-6-7-15(17)14-8-10-18-16(12-14)9-11-19-13-16/h14-15H,2-13,17H2,1H3. The van der Waals surface area contributed by atoms with Gasteiger partial charge in [-0.2, -0.15) is 11.8 Å². The van der Waals surface area contributed by atoms with Crippen LogP contribution in [0.1, 0.15) is 64.7 Å². The fraction of sp³-hybridized carbons (Fsp3) is 1.00. The third-order valence-corrected chi connectivity index (χ3v) is 6.07. The summed E-state index contributed by atoms with van der Waals surface area (Å²) in [5.41, 5.74) is 6.65. The first kappa shape index (κ1) is 15.7. The quantitative estimate of drug-likeness (QED) is 0.719. The molecule has 3 atom stereocenters. The average Bonchev–Trinajstić information content (AvgIpc) is 2.86. The van der Waals surface area contributed by atoms with Crippen LogP contribution in [0.15, 0.2) is 0 Å². The molecule has 0 radical (unpaired) electrons. The van der Waals surface area contributed by atoms with Gasteiger partial charge < -0.3 is 10.5 Å². The molecule has 19 heavy (non-hydrogen) atoms. The molecule has 2 nitrogen and oxygen atoms in total. The molecule has 2 fully saturated rings. The van der Waals surface area contributed by atoms with Crippen molar-refractivity contribution in [2.45, 2.75) is 76.4 Å². The maximum absolute atomic E-state index is 6.45. The molecular weight excluding hydrogens is 254 g/mol. The fourth-order valence-corrected chi connectivity index (χ4v) is 4.89. The number of rotatable bonds is 7. The smallest absolute Gasteiger partial charge is 0.0783 e. The van der Waals surface area contributed by atoms with Gasteiger partial charge in [-0.3, -0.25) is 0 Å². The third kappa shape index (κ3) is 4.64. The number of nitrogens with two attached hydrogens (primary N) is 1. The second kappa shape index (κ2) is 7.90. The molecule has 2 heterocycles. The van der Waals surface area contributed by atoms with E-state index < -0.39 is 0 Å². The maximum Gasteiger partial charge on any atom is 0.0783 e. The highest BCUT2D eigenvalue weighted by Crippen LogP contribution is 2.41. The van der Waals surface area contributed by atoms with E-state index >= 15 is 0 Å². The predicted octanol–water partition coefficient (Wildman–Crippen LogP) is 3.98. The lowest BCUT2D eigenvalue weighted by atomic mass is 9.80. The van der Waals surface area contributed by atoms with Crippen molar-refractivity contribution >= 4 is 11.8 Å². The molecule has 0 aromatic carbocycles. The lowest BCUT2D eigenvalue weighted by Crippen LogP contribution is -2.45. The van der Waals surface area contributed by atoms with Gasteiger partial charge in [-0.05, 0) is 37.4 Å². The van der Waals surface area contributed by atoms with Crippen molar-refractivity contribution in [3.05, 3.63) is 0 Å². The van der Waals surface area contributed by atoms with Crippen molar-refractivity contribution in [1.82, 2.24) is 0 Å². The summed E-state index contributed by atoms with van der Waals surface area (Å²) >= 11 is 2.05. The fourth-order valence-electron chi connectivity index (χ4n) is 3.51. The Hall–Kier alpha value is 0.270. The molecule has 3 unspecified atom stereocenters. The molecule has 2 aliphatic rings. The minimum atomic E-state index is 0.202. The van der Waals surface area contributed by atoms with Crippen molar-refractivity contribution in [1.29, 1.82) is 0 Å². The number of hydrogen-bond donors (Lipinski definition) is 1. The molecule has 0 saturated carbocycles. The van der Waals surface area contributed by atoms with Crippen LogP contribution in [0.4, 0.5) is 0 Å². The van der Waals surface area contributed by atoms with Gasteiger partial charge in [0.05, 0.1) is 5.60 Å². The van der Waals surface area contributed by atoms with Crippen LogP contribution in [0.25, 0.3) is 0 Å². The highest BCUT2D eigenvalue weighted by atomic mass is 32.2. The van der Waals surface area contributed by atoms with E-state index in [-0.39, 0.29) is 5.60 Å². The van der Waals surface area contributed by atoms with E-state index in [1.807, 2.05) is 0 Å². The molecule has 2 saturated heterocycles. The summed E-state index contributed by atoms with van der Waals surface area (Å²) in [4.78, 5) is 0. The van der Waals surface area contributed by atoms with Gasteiger partial charge in [-0.1, -0.05) is 39.0 Å². The van der Waals surface area contributed by atoms with E-state index in [1.165, 1.54) is 69.3 Å². The van der Waals surface area contributed by atoms with Gasteiger partial charge in [0, 0.05) is 18.4 Å². The number of unbranched alkanes of at least 4 members (excludes halogenated alkanes) is 4. The predicted molar refractivity (Wildman–Crippen MR) is 84.7 cm³/mol. The molecule has 0 aliphatic carbocycles. The summed E-state index contributed by atoms with van der Waals surface area (Å²) in [7, 11) is 0. The number of thioether (sulfide) groups is 1. The Labute approximate surface area is 123 Å². The van der Waals surface area contributed by atoms with E-state index in [4.69, 9.17) is 10.5 Å². The highest BCUT2D eigenvalue weighted by Gasteiger charge is 2.41. The van der Waals surface area contributed by atoms with E-state index in [0.717, 1.165) is 6.61 Å². The molecule has 112 valence electrons. The van der Waals surface area contributed by atoms with Gasteiger partial charge >= 0.3 is 0 Å². The van der Waals surface area contributed by atoms with E-state index in [9.17, 15) is 0 Å². The Morgan fingerprint density at radius 1 is 1.32 bits per heavy atom. The summed E-state index contributed by atoms with van der Waals surface area (Å²) < 4.78 is 6.09. The summed E-state index contributed by atoms with van der Waals surface area (Å²) in [6, 6.07) is 0.410. The zero-order chi connectivity index (χ0) is 13.6. The zero-order valence-corrected chi connectivity index (χ0v) is 13.4. The normalized spacial score (nSPS) is 32.8. The monoisotopic (exact) mass is 285 g/mol. The van der Waals surface area contributed by atoms with Gasteiger partial charge in [0.15, 0.2) is 0 Å². The molecule has 2 rings (SSSR count). The van der Waals surface area contributed by atoms with Crippen LogP contribution in [0.3, 0.4) is 0 Å². The van der Waals surface area contributed by atoms with Crippen LogP contribution < -0.4 is 5.73 Å². The van der Waals surface area contributed by atoms with E-state index in [1.54, 1.807) is 0 Å². The van der Waals surface area contributed by atoms with Crippen LogP contribution >= 0.6 is 11.8 Å². The second-order valence-electron chi connectivity index (χ2n) is 6.45. The number of ether oxygens (including phenoxy) is 1. The Balaban J connectivity index is 1.68. The van der Waals surface area contributed by atoms with Gasteiger partial charge in [-0.15, -0.1) is 0 Å². The minimum Gasteiger partial charge on any atom is -0.374 e. The molecule has 0 amide bonds. The summed E-state index contributed by atoms with van der Waals surface area (Å²) in [5.74, 6) is 3.18. The third-order valence-electron chi connectivity index (χ3n) is 4.84. The second-order valence-corrected chi connectivity index (χ2v) is 7.56. The summed E-state index contributed by atoms with van der Waals surface area (Å²) in [5, 5.41) is 0. The van der Waals surface area contributed by atoms with Crippen molar-refractivity contribution in [3.63, 3.8) is 0 Å². The van der Waals surface area contributed by atoms with Crippen LogP contribution in [0.2, 0.25) is 0 Å². The molecule has 1 spiro atoms.